The van der Waals surface area contributed by atoms with Gasteiger partial charge in [0.25, 0.3) is 5.69 Å². The van der Waals surface area contributed by atoms with Crippen molar-refractivity contribution >= 4 is 27.3 Å². The highest BCUT2D eigenvalue weighted by Gasteiger charge is 2.24. The number of hydrogen-bond donors (Lipinski definition) is 1. The van der Waals surface area contributed by atoms with Gasteiger partial charge in [0.15, 0.2) is 0 Å². The van der Waals surface area contributed by atoms with Crippen molar-refractivity contribution in [1.29, 1.82) is 0 Å². The molecule has 0 radical (unpaired) electrons. The Morgan fingerprint density at radius 3 is 2.51 bits per heavy atom. The second-order valence-electron chi connectivity index (χ2n) is 8.82. The van der Waals surface area contributed by atoms with Crippen molar-refractivity contribution in [3.63, 3.8) is 0 Å². The van der Waals surface area contributed by atoms with Crippen LogP contribution in [0.2, 0.25) is 0 Å². The number of ether oxygens (including phenoxy) is 1. The van der Waals surface area contributed by atoms with Crippen LogP contribution in [0.4, 0.5) is 11.4 Å². The van der Waals surface area contributed by atoms with Crippen molar-refractivity contribution in [3.05, 3.63) is 63.2 Å². The molecule has 35 heavy (non-hydrogen) atoms. The number of sulfonamides is 1. The topological polar surface area (TPSA) is 119 Å². The molecule has 0 saturated heterocycles. The zero-order chi connectivity index (χ0) is 25.6. The van der Waals surface area contributed by atoms with Crippen LogP contribution in [0.15, 0.2) is 36.4 Å². The van der Waals surface area contributed by atoms with Gasteiger partial charge in [-0.1, -0.05) is 25.1 Å². The molecule has 1 unspecified atom stereocenters. The highest BCUT2D eigenvalue weighted by atomic mass is 32.2. The molecule has 0 saturated carbocycles. The molecule has 2 aromatic carbocycles. The number of benzene rings is 2. The highest BCUT2D eigenvalue weighted by Crippen LogP contribution is 2.34. The lowest BCUT2D eigenvalue weighted by Gasteiger charge is -2.24. The fraction of sp³-hybridized carbons (Fsp3) is 0.480. The Morgan fingerprint density at radius 1 is 1.17 bits per heavy atom. The number of anilines is 1. The van der Waals surface area contributed by atoms with Crippen LogP contribution in [0.25, 0.3) is 0 Å². The molecular weight excluding hydrogens is 470 g/mol. The SMILES string of the molecule is CCC(NC(=O)CCCN(c1cc([N+](=O)[O-])ccc1OC)S(C)(=O)=O)c1ccc2c(c1)CCCC2. The molecular formula is C25H33N3O6S. The zero-order valence-corrected chi connectivity index (χ0v) is 21.3. The predicted molar refractivity (Wildman–Crippen MR) is 135 cm³/mol. The summed E-state index contributed by atoms with van der Waals surface area (Å²) in [5.74, 6) is 0.0259. The van der Waals surface area contributed by atoms with Crippen LogP contribution in [-0.4, -0.2) is 39.2 Å². The van der Waals surface area contributed by atoms with E-state index in [0.717, 1.165) is 35.4 Å². The number of rotatable bonds is 11. The Bertz CT molecular complexity index is 1180. The van der Waals surface area contributed by atoms with Gasteiger partial charge in [-0.05, 0) is 61.3 Å². The van der Waals surface area contributed by atoms with Crippen LogP contribution in [0.1, 0.15) is 61.8 Å². The van der Waals surface area contributed by atoms with Crippen LogP contribution < -0.4 is 14.4 Å². The Morgan fingerprint density at radius 2 is 1.89 bits per heavy atom. The molecule has 0 aromatic heterocycles. The first-order valence-corrected chi connectivity index (χ1v) is 13.7. The molecule has 1 aliphatic carbocycles. The van der Waals surface area contributed by atoms with Gasteiger partial charge in [-0.2, -0.15) is 0 Å². The van der Waals surface area contributed by atoms with E-state index in [0.29, 0.717) is 0 Å². The summed E-state index contributed by atoms with van der Waals surface area (Å²) in [6, 6.07) is 10.1. The van der Waals surface area contributed by atoms with Gasteiger partial charge in [0, 0.05) is 25.1 Å². The molecule has 2 aromatic rings. The van der Waals surface area contributed by atoms with Crippen LogP contribution in [0.3, 0.4) is 0 Å². The van der Waals surface area contributed by atoms with Crippen LogP contribution in [0.5, 0.6) is 5.75 Å². The number of methoxy groups -OCH3 is 1. The number of nitrogens with zero attached hydrogens (tertiary/aromatic N) is 2. The molecule has 9 nitrogen and oxygen atoms in total. The normalized spacial score (nSPS) is 14.0. The summed E-state index contributed by atoms with van der Waals surface area (Å²) in [5.41, 5.74) is 3.66. The second-order valence-corrected chi connectivity index (χ2v) is 10.7. The average Bonchev–Trinajstić information content (AvgIpc) is 2.83. The predicted octanol–water partition coefficient (Wildman–Crippen LogP) is 4.30. The molecule has 0 aliphatic heterocycles. The summed E-state index contributed by atoms with van der Waals surface area (Å²) in [7, 11) is -2.41. The second kappa shape index (κ2) is 11.5. The smallest absolute Gasteiger partial charge is 0.271 e. The number of nitro groups is 1. The molecule has 190 valence electrons. The lowest BCUT2D eigenvalue weighted by Crippen LogP contribution is -2.33. The standard InChI is InChI=1S/C25H33N3O6S/c1-4-22(20-12-11-18-8-5-6-9-19(18)16-20)26-25(29)10-7-15-27(35(3,32)33)23-17-21(28(30)31)13-14-24(23)34-2/h11-14,16-17,22H,4-10,15H2,1-3H3,(H,26,29). The first-order chi connectivity index (χ1) is 16.6. The number of non-ortho nitro benzene ring substituents is 1. The van der Waals surface area contributed by atoms with Crippen molar-refractivity contribution in [3.8, 4) is 5.75 Å². The third-order valence-corrected chi connectivity index (χ3v) is 7.51. The van der Waals surface area contributed by atoms with Gasteiger partial charge in [0.2, 0.25) is 15.9 Å². The number of carbonyl (C=O) groups excluding carboxylic acids is 1. The van der Waals surface area contributed by atoms with Gasteiger partial charge in [-0.15, -0.1) is 0 Å². The molecule has 0 heterocycles. The highest BCUT2D eigenvalue weighted by molar-refractivity contribution is 7.92. The van der Waals surface area contributed by atoms with E-state index in [2.05, 4.69) is 23.5 Å². The Kier molecular flexibility index (Phi) is 8.71. The van der Waals surface area contributed by atoms with Crippen molar-refractivity contribution in [2.75, 3.05) is 24.2 Å². The Labute approximate surface area is 206 Å². The molecule has 1 amide bonds. The van der Waals surface area contributed by atoms with Gasteiger partial charge in [0.1, 0.15) is 11.4 Å². The van der Waals surface area contributed by atoms with E-state index >= 15 is 0 Å². The number of amides is 1. The Balaban J connectivity index is 1.67. The summed E-state index contributed by atoms with van der Waals surface area (Å²) < 4.78 is 31.2. The van der Waals surface area contributed by atoms with Gasteiger partial charge in [0.05, 0.1) is 24.3 Å². The summed E-state index contributed by atoms with van der Waals surface area (Å²) in [6.45, 7) is 2.00. The zero-order valence-electron chi connectivity index (χ0n) is 20.5. The van der Waals surface area contributed by atoms with Gasteiger partial charge < -0.3 is 10.1 Å². The summed E-state index contributed by atoms with van der Waals surface area (Å²) >= 11 is 0. The minimum absolute atomic E-state index is 0.0145. The molecule has 1 N–H and O–H groups in total. The number of nitro benzene ring substituents is 1. The molecule has 0 fully saturated rings. The summed E-state index contributed by atoms with van der Waals surface area (Å²) in [6.07, 6.45) is 6.69. The molecule has 1 atom stereocenters. The maximum atomic E-state index is 12.7. The van der Waals surface area contributed by atoms with Gasteiger partial charge >= 0.3 is 0 Å². The number of fused-ring (bicyclic) bond motifs is 1. The van der Waals surface area contributed by atoms with E-state index in [9.17, 15) is 23.3 Å². The fourth-order valence-electron chi connectivity index (χ4n) is 4.49. The first kappa shape index (κ1) is 26.5. The number of nitrogens with one attached hydrogen (secondary N) is 1. The minimum atomic E-state index is -3.77. The van der Waals surface area contributed by atoms with E-state index in [1.807, 2.05) is 6.92 Å². The lowest BCUT2D eigenvalue weighted by molar-refractivity contribution is -0.384. The first-order valence-electron chi connectivity index (χ1n) is 11.8. The number of carbonyl (C=O) groups is 1. The lowest BCUT2D eigenvalue weighted by atomic mass is 9.89. The van der Waals surface area contributed by atoms with E-state index in [1.165, 1.54) is 49.3 Å². The van der Waals surface area contributed by atoms with E-state index in [1.54, 1.807) is 0 Å². The minimum Gasteiger partial charge on any atom is -0.495 e. The maximum absolute atomic E-state index is 12.7. The van der Waals surface area contributed by atoms with Crippen molar-refractivity contribution in [2.24, 2.45) is 0 Å². The van der Waals surface area contributed by atoms with Crippen LogP contribution >= 0.6 is 0 Å². The third kappa shape index (κ3) is 6.72. The van der Waals surface area contributed by atoms with E-state index in [4.69, 9.17) is 4.74 Å². The van der Waals surface area contributed by atoms with Crippen molar-refractivity contribution in [1.82, 2.24) is 5.32 Å². The average molecular weight is 504 g/mol. The maximum Gasteiger partial charge on any atom is 0.271 e. The Hall–Kier alpha value is -3.14. The molecule has 0 bridgehead atoms. The number of hydrogen-bond acceptors (Lipinski definition) is 6. The van der Waals surface area contributed by atoms with E-state index < -0.39 is 14.9 Å². The van der Waals surface area contributed by atoms with E-state index in [-0.39, 0.29) is 48.5 Å². The molecule has 1 aliphatic rings. The van der Waals surface area contributed by atoms with Crippen LogP contribution in [-0.2, 0) is 27.7 Å². The molecule has 0 spiro atoms. The van der Waals surface area contributed by atoms with Gasteiger partial charge in [-0.25, -0.2) is 8.42 Å². The summed E-state index contributed by atoms with van der Waals surface area (Å²) in [4.78, 5) is 23.3. The monoisotopic (exact) mass is 503 g/mol. The summed E-state index contributed by atoms with van der Waals surface area (Å²) in [5, 5.41) is 14.3. The fourth-order valence-corrected chi connectivity index (χ4v) is 5.45. The molecule has 10 heteroatoms. The van der Waals surface area contributed by atoms with Crippen molar-refractivity contribution in [2.45, 2.75) is 57.9 Å². The number of aryl methyl sites for hydroxylation is 2. The van der Waals surface area contributed by atoms with Gasteiger partial charge in [-0.3, -0.25) is 19.2 Å². The van der Waals surface area contributed by atoms with Crippen molar-refractivity contribution < 1.29 is 22.9 Å². The quantitative estimate of drug-likeness (QED) is 0.361. The largest absolute Gasteiger partial charge is 0.495 e. The molecule has 3 rings (SSSR count). The third-order valence-electron chi connectivity index (χ3n) is 6.33. The van der Waals surface area contributed by atoms with Crippen LogP contribution in [0, 0.1) is 10.1 Å².